The van der Waals surface area contributed by atoms with Gasteiger partial charge in [0.05, 0.1) is 0 Å². The van der Waals surface area contributed by atoms with Gasteiger partial charge < -0.3 is 5.32 Å². The molecule has 0 saturated heterocycles. The van der Waals surface area contributed by atoms with Gasteiger partial charge in [-0.05, 0) is 43.7 Å². The van der Waals surface area contributed by atoms with Gasteiger partial charge in [0, 0.05) is 26.4 Å². The highest BCUT2D eigenvalue weighted by Gasteiger charge is 2.17. The standard InChI is InChI=1S/C16H19ClFNS/c1-3-11-8-9-16(20-11)15(19-4-2)10-12-13(17)6-5-7-14(12)18/h5-9,15,19H,3-4,10H2,1-2H3. The Morgan fingerprint density at radius 2 is 2.05 bits per heavy atom. The third-order valence-corrected chi connectivity index (χ3v) is 4.99. The van der Waals surface area contributed by atoms with E-state index in [-0.39, 0.29) is 11.9 Å². The highest BCUT2D eigenvalue weighted by Crippen LogP contribution is 2.29. The fourth-order valence-electron chi connectivity index (χ4n) is 2.22. The van der Waals surface area contributed by atoms with Gasteiger partial charge in [-0.2, -0.15) is 0 Å². The van der Waals surface area contributed by atoms with Crippen LogP contribution in [-0.2, 0) is 12.8 Å². The van der Waals surface area contributed by atoms with Gasteiger partial charge in [0.25, 0.3) is 0 Å². The lowest BCUT2D eigenvalue weighted by atomic mass is 10.0. The van der Waals surface area contributed by atoms with Gasteiger partial charge in [0.1, 0.15) is 5.82 Å². The first kappa shape index (κ1) is 15.5. The van der Waals surface area contributed by atoms with Crippen molar-refractivity contribution >= 4 is 22.9 Å². The third kappa shape index (κ3) is 3.60. The van der Waals surface area contributed by atoms with E-state index >= 15 is 0 Å². The average Bonchev–Trinajstić information content (AvgIpc) is 2.90. The van der Waals surface area contributed by atoms with E-state index in [1.165, 1.54) is 15.8 Å². The second-order valence-corrected chi connectivity index (χ2v) is 6.28. The van der Waals surface area contributed by atoms with E-state index in [1.54, 1.807) is 23.5 Å². The molecule has 4 heteroatoms. The van der Waals surface area contributed by atoms with E-state index in [0.29, 0.717) is 17.0 Å². The van der Waals surface area contributed by atoms with E-state index in [0.717, 1.165) is 13.0 Å². The lowest BCUT2D eigenvalue weighted by molar-refractivity contribution is 0.534. The van der Waals surface area contributed by atoms with Crippen molar-refractivity contribution in [3.05, 3.63) is 56.5 Å². The van der Waals surface area contributed by atoms with E-state index in [2.05, 4.69) is 31.3 Å². The molecule has 1 nitrogen and oxygen atoms in total. The molecule has 0 spiro atoms. The zero-order chi connectivity index (χ0) is 14.5. The molecule has 108 valence electrons. The fourth-order valence-corrected chi connectivity index (χ4v) is 3.49. The second-order valence-electron chi connectivity index (χ2n) is 4.67. The summed E-state index contributed by atoms with van der Waals surface area (Å²) in [5.74, 6) is -0.229. The number of thiophene rings is 1. The number of rotatable bonds is 6. The predicted molar refractivity (Wildman–Crippen MR) is 85.2 cm³/mol. The van der Waals surface area contributed by atoms with E-state index < -0.39 is 0 Å². The Morgan fingerprint density at radius 1 is 1.25 bits per heavy atom. The molecule has 0 amide bonds. The van der Waals surface area contributed by atoms with Gasteiger partial charge in [0.15, 0.2) is 0 Å². The predicted octanol–water partition coefficient (Wildman–Crippen LogP) is 5.00. The van der Waals surface area contributed by atoms with Gasteiger partial charge in [-0.3, -0.25) is 0 Å². The molecule has 1 aromatic heterocycles. The summed E-state index contributed by atoms with van der Waals surface area (Å²) < 4.78 is 13.9. The lowest BCUT2D eigenvalue weighted by Gasteiger charge is -2.17. The molecule has 1 N–H and O–H groups in total. The number of halogens is 2. The molecule has 0 aliphatic heterocycles. The number of nitrogens with one attached hydrogen (secondary N) is 1. The van der Waals surface area contributed by atoms with E-state index in [9.17, 15) is 4.39 Å². The van der Waals surface area contributed by atoms with Crippen LogP contribution in [0.5, 0.6) is 0 Å². The van der Waals surface area contributed by atoms with Crippen LogP contribution in [0.4, 0.5) is 4.39 Å². The second kappa shape index (κ2) is 7.21. The van der Waals surface area contributed by atoms with Crippen molar-refractivity contribution in [2.45, 2.75) is 32.7 Å². The molecule has 0 radical (unpaired) electrons. The van der Waals surface area contributed by atoms with Crippen molar-refractivity contribution in [1.29, 1.82) is 0 Å². The molecule has 20 heavy (non-hydrogen) atoms. The summed E-state index contributed by atoms with van der Waals surface area (Å²) in [5.41, 5.74) is 0.589. The minimum Gasteiger partial charge on any atom is -0.309 e. The molecule has 0 aliphatic carbocycles. The van der Waals surface area contributed by atoms with Crippen LogP contribution >= 0.6 is 22.9 Å². The monoisotopic (exact) mass is 311 g/mol. The average molecular weight is 312 g/mol. The van der Waals surface area contributed by atoms with Crippen LogP contribution in [0.3, 0.4) is 0 Å². The number of hydrogen-bond acceptors (Lipinski definition) is 2. The Labute approximate surface area is 128 Å². The largest absolute Gasteiger partial charge is 0.309 e. The minimum atomic E-state index is -0.229. The summed E-state index contributed by atoms with van der Waals surface area (Å²) in [6.07, 6.45) is 1.60. The summed E-state index contributed by atoms with van der Waals surface area (Å²) in [7, 11) is 0. The third-order valence-electron chi connectivity index (χ3n) is 3.29. The zero-order valence-electron chi connectivity index (χ0n) is 11.7. The first-order valence-corrected chi connectivity index (χ1v) is 8.10. The Hall–Kier alpha value is -0.900. The van der Waals surface area contributed by atoms with Crippen molar-refractivity contribution in [3.63, 3.8) is 0 Å². The summed E-state index contributed by atoms with van der Waals surface area (Å²) in [4.78, 5) is 2.59. The Balaban J connectivity index is 2.25. The number of hydrogen-bond donors (Lipinski definition) is 1. The van der Waals surface area contributed by atoms with Crippen molar-refractivity contribution < 1.29 is 4.39 Å². The Kier molecular flexibility index (Phi) is 5.58. The molecule has 0 aliphatic rings. The molecule has 2 aromatic rings. The number of aryl methyl sites for hydroxylation is 1. The van der Waals surface area contributed by atoms with Crippen LogP contribution in [-0.4, -0.2) is 6.54 Å². The van der Waals surface area contributed by atoms with Crippen LogP contribution in [0.15, 0.2) is 30.3 Å². The first-order chi connectivity index (χ1) is 9.65. The number of likely N-dealkylation sites (N-methyl/N-ethyl adjacent to an activating group) is 1. The maximum absolute atomic E-state index is 13.9. The summed E-state index contributed by atoms with van der Waals surface area (Å²) in [5, 5.41) is 3.92. The van der Waals surface area contributed by atoms with Gasteiger partial charge >= 0.3 is 0 Å². The normalized spacial score (nSPS) is 12.6. The van der Waals surface area contributed by atoms with Crippen LogP contribution in [0.25, 0.3) is 0 Å². The summed E-state index contributed by atoms with van der Waals surface area (Å²) in [6, 6.07) is 9.24. The van der Waals surface area contributed by atoms with Gasteiger partial charge in [0.2, 0.25) is 0 Å². The summed E-state index contributed by atoms with van der Waals surface area (Å²) >= 11 is 7.91. The molecule has 0 bridgehead atoms. The minimum absolute atomic E-state index is 0.111. The van der Waals surface area contributed by atoms with Crippen molar-refractivity contribution in [2.75, 3.05) is 6.54 Å². The van der Waals surface area contributed by atoms with Crippen molar-refractivity contribution in [3.8, 4) is 0 Å². The molecule has 0 fully saturated rings. The molecular weight excluding hydrogens is 293 g/mol. The van der Waals surface area contributed by atoms with Crippen LogP contribution < -0.4 is 5.32 Å². The van der Waals surface area contributed by atoms with Gasteiger partial charge in [-0.25, -0.2) is 4.39 Å². The van der Waals surface area contributed by atoms with Crippen LogP contribution in [0.2, 0.25) is 5.02 Å². The smallest absolute Gasteiger partial charge is 0.127 e. The topological polar surface area (TPSA) is 12.0 Å². The Bertz CT molecular complexity index is 547. The highest BCUT2D eigenvalue weighted by molar-refractivity contribution is 7.12. The number of benzene rings is 1. The van der Waals surface area contributed by atoms with Crippen molar-refractivity contribution in [1.82, 2.24) is 5.32 Å². The molecule has 1 atom stereocenters. The molecule has 1 unspecified atom stereocenters. The Morgan fingerprint density at radius 3 is 2.65 bits per heavy atom. The lowest BCUT2D eigenvalue weighted by Crippen LogP contribution is -2.22. The summed E-state index contributed by atoms with van der Waals surface area (Å²) in [6.45, 7) is 5.05. The quantitative estimate of drug-likeness (QED) is 0.792. The molecule has 2 rings (SSSR count). The van der Waals surface area contributed by atoms with Crippen molar-refractivity contribution in [2.24, 2.45) is 0 Å². The maximum Gasteiger partial charge on any atom is 0.127 e. The SMILES string of the molecule is CCNC(Cc1c(F)cccc1Cl)c1ccc(CC)s1. The van der Waals surface area contributed by atoms with E-state index in [4.69, 9.17) is 11.6 Å². The molecule has 1 heterocycles. The zero-order valence-corrected chi connectivity index (χ0v) is 13.3. The van der Waals surface area contributed by atoms with Crippen LogP contribution in [0, 0.1) is 5.82 Å². The molecular formula is C16H19ClFNS. The van der Waals surface area contributed by atoms with E-state index in [1.807, 2.05) is 0 Å². The van der Waals surface area contributed by atoms with Gasteiger partial charge in [-0.15, -0.1) is 11.3 Å². The fraction of sp³-hybridized carbons (Fsp3) is 0.375. The molecule has 1 aromatic carbocycles. The first-order valence-electron chi connectivity index (χ1n) is 6.90. The van der Waals surface area contributed by atoms with Gasteiger partial charge in [-0.1, -0.05) is 31.5 Å². The highest BCUT2D eigenvalue weighted by atomic mass is 35.5. The maximum atomic E-state index is 13.9. The van der Waals surface area contributed by atoms with Crippen LogP contribution in [0.1, 0.15) is 35.2 Å². The molecule has 0 saturated carbocycles.